The van der Waals surface area contributed by atoms with Crippen LogP contribution in [0.2, 0.25) is 0 Å². The fraction of sp³-hybridized carbons (Fsp3) is 0.600. The van der Waals surface area contributed by atoms with Crippen molar-refractivity contribution in [1.82, 2.24) is 0 Å². The van der Waals surface area contributed by atoms with Crippen LogP contribution in [0.5, 0.6) is 0 Å². The van der Waals surface area contributed by atoms with Gasteiger partial charge in [0.2, 0.25) is 0 Å². The van der Waals surface area contributed by atoms with Gasteiger partial charge in [-0.1, -0.05) is 33.4 Å². The number of hydrogen-bond acceptors (Lipinski definition) is 1. The first-order valence-corrected chi connectivity index (χ1v) is 4.03. The topological polar surface area (TPSA) is 26.0 Å². The van der Waals surface area contributed by atoms with Crippen molar-refractivity contribution in [3.05, 3.63) is 24.4 Å². The number of nitrogens with two attached hydrogens (primary N) is 1. The smallest absolute Gasteiger partial charge is 0.0237 e. The first-order chi connectivity index (χ1) is 4.92. The maximum Gasteiger partial charge on any atom is 0.0237 e. The van der Waals surface area contributed by atoms with Crippen molar-refractivity contribution in [2.45, 2.75) is 33.6 Å². The van der Waals surface area contributed by atoms with Crippen molar-refractivity contribution in [1.29, 1.82) is 0 Å². The van der Waals surface area contributed by atoms with Crippen molar-refractivity contribution in [3.8, 4) is 0 Å². The minimum absolute atomic E-state index is 0.417. The van der Waals surface area contributed by atoms with Gasteiger partial charge < -0.3 is 5.73 Å². The molecule has 0 rings (SSSR count). The van der Waals surface area contributed by atoms with Crippen LogP contribution in [0.3, 0.4) is 0 Å². The van der Waals surface area contributed by atoms with Crippen LogP contribution in [0.25, 0.3) is 0 Å². The molecule has 0 amide bonds. The van der Waals surface area contributed by atoms with Gasteiger partial charge in [-0.25, -0.2) is 0 Å². The van der Waals surface area contributed by atoms with Crippen LogP contribution in [-0.4, -0.2) is 0 Å². The fourth-order valence-electron chi connectivity index (χ4n) is 0.751. The molecule has 0 aliphatic rings. The first-order valence-electron chi connectivity index (χ1n) is 4.03. The van der Waals surface area contributed by atoms with Gasteiger partial charge in [0, 0.05) is 5.70 Å². The maximum atomic E-state index is 5.36. The highest BCUT2D eigenvalue weighted by Gasteiger charge is 2.07. The van der Waals surface area contributed by atoms with Gasteiger partial charge in [0.25, 0.3) is 0 Å². The van der Waals surface area contributed by atoms with Crippen LogP contribution >= 0.6 is 0 Å². The van der Waals surface area contributed by atoms with E-state index in [9.17, 15) is 0 Å². The van der Waals surface area contributed by atoms with Crippen LogP contribution in [0.4, 0.5) is 0 Å². The Kier molecular flexibility index (Phi) is 3.94. The van der Waals surface area contributed by atoms with Crippen molar-refractivity contribution < 1.29 is 0 Å². The van der Waals surface area contributed by atoms with Crippen LogP contribution in [0.1, 0.15) is 33.6 Å². The number of hydrogen-bond donors (Lipinski definition) is 1. The average molecular weight is 153 g/mol. The molecule has 0 atom stereocenters. The van der Waals surface area contributed by atoms with Crippen molar-refractivity contribution >= 4 is 0 Å². The second kappa shape index (κ2) is 4.22. The summed E-state index contributed by atoms with van der Waals surface area (Å²) in [5, 5.41) is 0. The third-order valence-electron chi connectivity index (χ3n) is 1.39. The Bertz CT molecular complexity index is 149. The van der Waals surface area contributed by atoms with Crippen LogP contribution in [0.15, 0.2) is 24.4 Å². The number of rotatable bonds is 3. The minimum Gasteiger partial charge on any atom is -0.399 e. The predicted octanol–water partition coefficient (Wildman–Crippen LogP) is 2.84. The normalized spacial score (nSPS) is 12.3. The molecule has 0 radical (unpaired) electrons. The molecule has 0 aromatic carbocycles. The molecule has 0 aromatic rings. The third-order valence-corrected chi connectivity index (χ3v) is 1.39. The van der Waals surface area contributed by atoms with E-state index in [1.807, 2.05) is 6.08 Å². The number of allylic oxidation sites excluding steroid dienone is 2. The van der Waals surface area contributed by atoms with Crippen molar-refractivity contribution in [3.63, 3.8) is 0 Å². The molecule has 0 fully saturated rings. The Balaban J connectivity index is 3.50. The third kappa shape index (κ3) is 9.28. The summed E-state index contributed by atoms with van der Waals surface area (Å²) in [6, 6.07) is 0. The highest BCUT2D eigenvalue weighted by Crippen LogP contribution is 2.20. The quantitative estimate of drug-likeness (QED) is 0.620. The van der Waals surface area contributed by atoms with E-state index in [0.29, 0.717) is 11.1 Å². The molecule has 0 aliphatic carbocycles. The maximum absolute atomic E-state index is 5.36. The minimum atomic E-state index is 0.417. The van der Waals surface area contributed by atoms with Crippen molar-refractivity contribution in [2.24, 2.45) is 11.1 Å². The zero-order chi connectivity index (χ0) is 8.91. The fourth-order valence-corrected chi connectivity index (χ4v) is 0.751. The molecular weight excluding hydrogens is 134 g/mol. The van der Waals surface area contributed by atoms with E-state index in [1.165, 1.54) is 6.42 Å². The molecule has 0 saturated carbocycles. The molecule has 0 unspecified atom stereocenters. The largest absolute Gasteiger partial charge is 0.399 e. The molecule has 0 saturated heterocycles. The molecule has 0 aliphatic heterocycles. The Morgan fingerprint density at radius 2 is 2.00 bits per heavy atom. The second-order valence-electron chi connectivity index (χ2n) is 4.08. The Morgan fingerprint density at radius 3 is 2.36 bits per heavy atom. The van der Waals surface area contributed by atoms with Crippen molar-refractivity contribution in [2.75, 3.05) is 0 Å². The molecule has 1 nitrogen and oxygen atoms in total. The Hall–Kier alpha value is -0.720. The van der Waals surface area contributed by atoms with Gasteiger partial charge in [0.1, 0.15) is 0 Å². The van der Waals surface area contributed by atoms with Gasteiger partial charge in [-0.05, 0) is 24.3 Å². The molecule has 64 valence electrons. The molecule has 0 spiro atoms. The lowest BCUT2D eigenvalue weighted by molar-refractivity contribution is 0.381. The average Bonchev–Trinajstić information content (AvgIpc) is 1.78. The zero-order valence-corrected chi connectivity index (χ0v) is 7.85. The van der Waals surface area contributed by atoms with E-state index in [4.69, 9.17) is 5.73 Å². The lowest BCUT2D eigenvalue weighted by Gasteiger charge is -2.15. The SMILES string of the molecule is C=C(N)/C=C/CCC(C)(C)C. The van der Waals surface area contributed by atoms with E-state index in [1.54, 1.807) is 0 Å². The molecular formula is C10H19N. The van der Waals surface area contributed by atoms with E-state index >= 15 is 0 Å². The van der Waals surface area contributed by atoms with Gasteiger partial charge in [-0.15, -0.1) is 0 Å². The van der Waals surface area contributed by atoms with E-state index < -0.39 is 0 Å². The van der Waals surface area contributed by atoms with Crippen LogP contribution < -0.4 is 5.73 Å². The summed E-state index contributed by atoms with van der Waals surface area (Å²) in [6.07, 6.45) is 6.22. The summed E-state index contributed by atoms with van der Waals surface area (Å²) in [7, 11) is 0. The highest BCUT2D eigenvalue weighted by atomic mass is 14.5. The predicted molar refractivity (Wildman–Crippen MR) is 51.2 cm³/mol. The lowest BCUT2D eigenvalue weighted by atomic mass is 9.90. The summed E-state index contributed by atoms with van der Waals surface area (Å²) in [5.74, 6) is 0. The Morgan fingerprint density at radius 1 is 1.45 bits per heavy atom. The molecule has 0 heterocycles. The second-order valence-corrected chi connectivity index (χ2v) is 4.08. The zero-order valence-electron chi connectivity index (χ0n) is 7.85. The van der Waals surface area contributed by atoms with Crippen LogP contribution in [0, 0.1) is 5.41 Å². The molecule has 0 bridgehead atoms. The van der Waals surface area contributed by atoms with E-state index in [0.717, 1.165) is 6.42 Å². The van der Waals surface area contributed by atoms with Gasteiger partial charge in [-0.2, -0.15) is 0 Å². The summed E-state index contributed by atoms with van der Waals surface area (Å²) < 4.78 is 0. The van der Waals surface area contributed by atoms with Gasteiger partial charge >= 0.3 is 0 Å². The monoisotopic (exact) mass is 153 g/mol. The standard InChI is InChI=1S/C10H19N/c1-9(11)7-5-6-8-10(2,3)4/h5,7H,1,6,8,11H2,2-4H3/b7-5+. The summed E-state index contributed by atoms with van der Waals surface area (Å²) in [5.41, 5.74) is 6.42. The van der Waals surface area contributed by atoms with Crippen LogP contribution in [-0.2, 0) is 0 Å². The van der Waals surface area contributed by atoms with Gasteiger partial charge in [-0.3, -0.25) is 0 Å². The molecule has 2 N–H and O–H groups in total. The van der Waals surface area contributed by atoms with Gasteiger partial charge in [0.15, 0.2) is 0 Å². The van der Waals surface area contributed by atoms with E-state index in [2.05, 4.69) is 33.4 Å². The van der Waals surface area contributed by atoms with E-state index in [-0.39, 0.29) is 0 Å². The molecule has 0 aromatic heterocycles. The summed E-state index contributed by atoms with van der Waals surface area (Å²) in [4.78, 5) is 0. The molecule has 1 heteroatoms. The first kappa shape index (κ1) is 10.3. The highest BCUT2D eigenvalue weighted by molar-refractivity contribution is 5.09. The lowest BCUT2D eigenvalue weighted by Crippen LogP contribution is -2.03. The summed E-state index contributed by atoms with van der Waals surface area (Å²) >= 11 is 0. The van der Waals surface area contributed by atoms with Gasteiger partial charge in [0.05, 0.1) is 0 Å². The molecule has 11 heavy (non-hydrogen) atoms. The Labute approximate surface area is 70.0 Å². The summed E-state index contributed by atoms with van der Waals surface area (Å²) in [6.45, 7) is 10.3.